The van der Waals surface area contributed by atoms with Gasteiger partial charge < -0.3 is 16.0 Å². The summed E-state index contributed by atoms with van der Waals surface area (Å²) in [5.41, 5.74) is 5.97. The third-order valence-corrected chi connectivity index (χ3v) is 4.54. The summed E-state index contributed by atoms with van der Waals surface area (Å²) in [6.45, 7) is 5.08. The average molecular weight is 269 g/mol. The molecule has 3 atom stereocenters. The van der Waals surface area contributed by atoms with Crippen LogP contribution in [0.1, 0.15) is 52.4 Å². The van der Waals surface area contributed by atoms with Crippen molar-refractivity contribution < 1.29 is 4.79 Å². The van der Waals surface area contributed by atoms with Crippen molar-refractivity contribution in [3.05, 3.63) is 0 Å². The second-order valence-corrected chi connectivity index (χ2v) is 6.43. The number of nitrogens with one attached hydrogen (secondary N) is 1. The van der Waals surface area contributed by atoms with Crippen molar-refractivity contribution in [2.45, 2.75) is 64.0 Å². The van der Waals surface area contributed by atoms with E-state index >= 15 is 0 Å². The van der Waals surface area contributed by atoms with Gasteiger partial charge in [0.2, 0.25) is 5.91 Å². The summed E-state index contributed by atoms with van der Waals surface area (Å²) in [4.78, 5) is 14.3. The van der Waals surface area contributed by atoms with E-state index < -0.39 is 0 Å². The fourth-order valence-corrected chi connectivity index (χ4v) is 3.18. The SMILES string of the molecule is CCC[C@@H](N)C(=O)NCC1(N(C)C)CCCC(C)C1. The number of nitrogens with zero attached hydrogens (tertiary/aromatic N) is 1. The van der Waals surface area contributed by atoms with Crippen molar-refractivity contribution in [1.29, 1.82) is 0 Å². The lowest BCUT2D eigenvalue weighted by molar-refractivity contribution is -0.123. The van der Waals surface area contributed by atoms with E-state index in [4.69, 9.17) is 5.73 Å². The minimum atomic E-state index is -0.356. The van der Waals surface area contributed by atoms with Gasteiger partial charge in [-0.3, -0.25) is 4.79 Å². The molecule has 0 aromatic heterocycles. The molecule has 0 bridgehead atoms. The molecule has 0 aromatic carbocycles. The van der Waals surface area contributed by atoms with Crippen LogP contribution in [0.3, 0.4) is 0 Å². The molecule has 0 saturated heterocycles. The summed E-state index contributed by atoms with van der Waals surface area (Å²) in [7, 11) is 4.24. The smallest absolute Gasteiger partial charge is 0.236 e. The molecule has 1 rings (SSSR count). The second-order valence-electron chi connectivity index (χ2n) is 6.43. The number of hydrogen-bond acceptors (Lipinski definition) is 3. The largest absolute Gasteiger partial charge is 0.353 e. The van der Waals surface area contributed by atoms with Gasteiger partial charge in [0.1, 0.15) is 0 Å². The van der Waals surface area contributed by atoms with Crippen LogP contribution in [0.4, 0.5) is 0 Å². The fourth-order valence-electron chi connectivity index (χ4n) is 3.18. The number of nitrogens with two attached hydrogens (primary N) is 1. The highest BCUT2D eigenvalue weighted by atomic mass is 16.2. The van der Waals surface area contributed by atoms with Crippen molar-refractivity contribution in [1.82, 2.24) is 10.2 Å². The topological polar surface area (TPSA) is 58.4 Å². The normalized spacial score (nSPS) is 29.3. The molecule has 0 radical (unpaired) electrons. The molecule has 0 spiro atoms. The van der Waals surface area contributed by atoms with Gasteiger partial charge in [0, 0.05) is 12.1 Å². The number of rotatable bonds is 6. The van der Waals surface area contributed by atoms with Crippen molar-refractivity contribution in [2.24, 2.45) is 11.7 Å². The van der Waals surface area contributed by atoms with E-state index in [0.29, 0.717) is 0 Å². The van der Waals surface area contributed by atoms with Gasteiger partial charge in [-0.25, -0.2) is 0 Å². The van der Waals surface area contributed by atoms with Gasteiger partial charge in [-0.15, -0.1) is 0 Å². The maximum atomic E-state index is 12.0. The monoisotopic (exact) mass is 269 g/mol. The zero-order valence-corrected chi connectivity index (χ0v) is 13.0. The molecule has 1 aliphatic rings. The second kappa shape index (κ2) is 7.25. The molecular formula is C15H31N3O. The molecule has 2 unspecified atom stereocenters. The van der Waals surface area contributed by atoms with Crippen LogP contribution in [-0.4, -0.2) is 43.0 Å². The summed E-state index contributed by atoms with van der Waals surface area (Å²) in [5, 5.41) is 3.07. The van der Waals surface area contributed by atoms with Gasteiger partial charge in [0.25, 0.3) is 0 Å². The van der Waals surface area contributed by atoms with Crippen molar-refractivity contribution in [2.75, 3.05) is 20.6 Å². The zero-order chi connectivity index (χ0) is 14.5. The Kier molecular flexibility index (Phi) is 6.27. The first-order valence-electron chi connectivity index (χ1n) is 7.62. The Labute approximate surface area is 118 Å². The third kappa shape index (κ3) is 4.46. The number of carbonyl (C=O) groups is 1. The molecule has 19 heavy (non-hydrogen) atoms. The summed E-state index contributed by atoms with van der Waals surface area (Å²) in [6, 6.07) is -0.356. The van der Waals surface area contributed by atoms with Crippen LogP contribution >= 0.6 is 0 Å². The van der Waals surface area contributed by atoms with Gasteiger partial charge >= 0.3 is 0 Å². The maximum absolute atomic E-state index is 12.0. The van der Waals surface area contributed by atoms with Gasteiger partial charge in [0.15, 0.2) is 0 Å². The zero-order valence-electron chi connectivity index (χ0n) is 13.0. The Morgan fingerprint density at radius 1 is 1.53 bits per heavy atom. The van der Waals surface area contributed by atoms with Gasteiger partial charge in [-0.1, -0.05) is 33.1 Å². The first-order valence-corrected chi connectivity index (χ1v) is 7.62. The predicted molar refractivity (Wildman–Crippen MR) is 79.9 cm³/mol. The summed E-state index contributed by atoms with van der Waals surface area (Å²) in [6.07, 6.45) is 6.58. The van der Waals surface area contributed by atoms with E-state index in [2.05, 4.69) is 38.2 Å². The number of hydrogen-bond donors (Lipinski definition) is 2. The first-order chi connectivity index (χ1) is 8.91. The molecule has 1 aliphatic carbocycles. The summed E-state index contributed by atoms with van der Waals surface area (Å²) in [5.74, 6) is 0.735. The molecular weight excluding hydrogens is 238 g/mol. The molecule has 1 saturated carbocycles. The minimum Gasteiger partial charge on any atom is -0.353 e. The lowest BCUT2D eigenvalue weighted by Gasteiger charge is -2.45. The summed E-state index contributed by atoms with van der Waals surface area (Å²) < 4.78 is 0. The Morgan fingerprint density at radius 3 is 2.74 bits per heavy atom. The quantitative estimate of drug-likeness (QED) is 0.772. The van der Waals surface area contributed by atoms with Crippen LogP contribution in [0, 0.1) is 5.92 Å². The van der Waals surface area contributed by atoms with Crippen molar-refractivity contribution in [3.8, 4) is 0 Å². The highest BCUT2D eigenvalue weighted by Gasteiger charge is 2.37. The van der Waals surface area contributed by atoms with Crippen LogP contribution in [0.25, 0.3) is 0 Å². The molecule has 1 amide bonds. The van der Waals surface area contributed by atoms with Crippen molar-refractivity contribution in [3.63, 3.8) is 0 Å². The van der Waals surface area contributed by atoms with E-state index in [0.717, 1.165) is 38.1 Å². The first kappa shape index (κ1) is 16.4. The minimum absolute atomic E-state index is 0.00121. The van der Waals surface area contributed by atoms with E-state index in [9.17, 15) is 4.79 Å². The molecule has 112 valence electrons. The summed E-state index contributed by atoms with van der Waals surface area (Å²) >= 11 is 0. The standard InChI is InChI=1S/C15H31N3O/c1-5-7-13(16)14(19)17-11-15(18(3)4)9-6-8-12(2)10-15/h12-13H,5-11,16H2,1-4H3,(H,17,19)/t12?,13-,15?/m1/s1. The van der Waals surface area contributed by atoms with E-state index in [1.54, 1.807) is 0 Å². The van der Waals surface area contributed by atoms with Gasteiger partial charge in [0.05, 0.1) is 6.04 Å². The van der Waals surface area contributed by atoms with E-state index in [1.807, 2.05) is 0 Å². The van der Waals surface area contributed by atoms with Crippen LogP contribution in [0.5, 0.6) is 0 Å². The van der Waals surface area contributed by atoms with Crippen molar-refractivity contribution >= 4 is 5.91 Å². The Balaban J connectivity index is 2.57. The molecule has 4 heteroatoms. The maximum Gasteiger partial charge on any atom is 0.236 e. The van der Waals surface area contributed by atoms with E-state index in [-0.39, 0.29) is 17.5 Å². The molecule has 0 heterocycles. The van der Waals surface area contributed by atoms with Crippen LogP contribution in [0.15, 0.2) is 0 Å². The highest BCUT2D eigenvalue weighted by molar-refractivity contribution is 5.81. The third-order valence-electron chi connectivity index (χ3n) is 4.54. The lowest BCUT2D eigenvalue weighted by atomic mass is 9.75. The van der Waals surface area contributed by atoms with Gasteiger partial charge in [-0.05, 0) is 39.3 Å². The van der Waals surface area contributed by atoms with Gasteiger partial charge in [-0.2, -0.15) is 0 Å². The highest BCUT2D eigenvalue weighted by Crippen LogP contribution is 2.35. The number of amides is 1. The molecule has 0 aliphatic heterocycles. The predicted octanol–water partition coefficient (Wildman–Crippen LogP) is 1.74. The molecule has 4 nitrogen and oxygen atoms in total. The number of carbonyl (C=O) groups excluding carboxylic acids is 1. The lowest BCUT2D eigenvalue weighted by Crippen LogP contribution is -2.56. The Morgan fingerprint density at radius 2 is 2.21 bits per heavy atom. The van der Waals surface area contributed by atoms with Crippen LogP contribution in [0.2, 0.25) is 0 Å². The number of likely N-dealkylation sites (N-methyl/N-ethyl adjacent to an activating group) is 1. The van der Waals surface area contributed by atoms with Crippen LogP contribution < -0.4 is 11.1 Å². The molecule has 1 fully saturated rings. The fraction of sp³-hybridized carbons (Fsp3) is 0.933. The van der Waals surface area contributed by atoms with Crippen LogP contribution in [-0.2, 0) is 4.79 Å². The molecule has 0 aromatic rings. The average Bonchev–Trinajstić information content (AvgIpc) is 2.36. The molecule has 3 N–H and O–H groups in total. The van der Waals surface area contributed by atoms with E-state index in [1.165, 1.54) is 12.8 Å². The Hall–Kier alpha value is -0.610. The Bertz CT molecular complexity index is 293.